The summed E-state index contributed by atoms with van der Waals surface area (Å²) in [5.74, 6) is 0.285. The van der Waals surface area contributed by atoms with E-state index in [-0.39, 0.29) is 12.4 Å². The summed E-state index contributed by atoms with van der Waals surface area (Å²) in [6.07, 6.45) is 0.424. The number of rotatable bonds is 4. The van der Waals surface area contributed by atoms with Gasteiger partial charge in [-0.15, -0.1) is 5.11 Å². The van der Waals surface area contributed by atoms with Crippen LogP contribution in [0.2, 0.25) is 0 Å². The number of nitrogens with one attached hydrogen (secondary N) is 1. The van der Waals surface area contributed by atoms with Gasteiger partial charge in [-0.2, -0.15) is 10.2 Å². The van der Waals surface area contributed by atoms with Gasteiger partial charge in [0, 0.05) is 13.0 Å². The summed E-state index contributed by atoms with van der Waals surface area (Å²) in [6.45, 7) is 0.00941. The Balaban J connectivity index is 2.23. The SMILES string of the molecule is Nc1n[nH]c(CCO)c1N=Nc1ccccc1. The maximum Gasteiger partial charge on any atom is 0.173 e. The van der Waals surface area contributed by atoms with Crippen LogP contribution in [0.4, 0.5) is 17.2 Å². The lowest BCUT2D eigenvalue weighted by Crippen LogP contribution is -1.90. The fraction of sp³-hybridized carbons (Fsp3) is 0.182. The minimum absolute atomic E-state index is 0.00941. The Morgan fingerprint density at radius 1 is 1.24 bits per heavy atom. The van der Waals surface area contributed by atoms with E-state index in [0.29, 0.717) is 17.8 Å². The molecule has 1 aromatic carbocycles. The minimum atomic E-state index is 0.00941. The normalized spacial score (nSPS) is 11.1. The first kappa shape index (κ1) is 11.3. The van der Waals surface area contributed by atoms with Crippen LogP contribution in [0.25, 0.3) is 0 Å². The molecule has 2 rings (SSSR count). The molecule has 88 valence electrons. The van der Waals surface area contributed by atoms with Crippen molar-refractivity contribution >= 4 is 17.2 Å². The zero-order valence-electron chi connectivity index (χ0n) is 9.17. The average Bonchev–Trinajstić information content (AvgIpc) is 2.70. The summed E-state index contributed by atoms with van der Waals surface area (Å²) in [5.41, 5.74) is 7.57. The van der Waals surface area contributed by atoms with E-state index in [4.69, 9.17) is 10.8 Å². The molecule has 1 heterocycles. The third-order valence-electron chi connectivity index (χ3n) is 2.22. The fourth-order valence-electron chi connectivity index (χ4n) is 1.39. The molecule has 6 heteroatoms. The van der Waals surface area contributed by atoms with E-state index < -0.39 is 0 Å². The van der Waals surface area contributed by atoms with Gasteiger partial charge in [0.1, 0.15) is 0 Å². The molecule has 0 saturated carbocycles. The molecule has 0 aliphatic rings. The number of aliphatic hydroxyl groups is 1. The van der Waals surface area contributed by atoms with Crippen LogP contribution >= 0.6 is 0 Å². The number of aromatic amines is 1. The molecule has 0 radical (unpaired) electrons. The summed E-state index contributed by atoms with van der Waals surface area (Å²) in [5, 5.41) is 23.5. The maximum absolute atomic E-state index is 8.88. The number of azo groups is 1. The Labute approximate surface area is 98.2 Å². The molecule has 4 N–H and O–H groups in total. The van der Waals surface area contributed by atoms with Crippen LogP contribution in [-0.4, -0.2) is 21.9 Å². The molecule has 0 spiro atoms. The molecule has 6 nitrogen and oxygen atoms in total. The standard InChI is InChI=1S/C11H13N5O/c12-11-10(9(6-7-17)14-16-11)15-13-8-4-2-1-3-5-8/h1-5,17H,6-7H2,(H3,12,14,16). The largest absolute Gasteiger partial charge is 0.396 e. The first-order valence-corrected chi connectivity index (χ1v) is 5.21. The third kappa shape index (κ3) is 2.67. The molecule has 2 aromatic rings. The van der Waals surface area contributed by atoms with Crippen molar-refractivity contribution in [3.8, 4) is 0 Å². The topological polar surface area (TPSA) is 99.6 Å². The number of nitrogen functional groups attached to an aromatic ring is 1. The van der Waals surface area contributed by atoms with Crippen molar-refractivity contribution in [2.45, 2.75) is 6.42 Å². The van der Waals surface area contributed by atoms with Gasteiger partial charge in [-0.1, -0.05) is 18.2 Å². The van der Waals surface area contributed by atoms with Gasteiger partial charge < -0.3 is 10.8 Å². The Morgan fingerprint density at radius 3 is 2.71 bits per heavy atom. The zero-order chi connectivity index (χ0) is 12.1. The van der Waals surface area contributed by atoms with Crippen molar-refractivity contribution in [1.82, 2.24) is 10.2 Å². The molecule has 0 saturated heterocycles. The number of hydrogen-bond acceptors (Lipinski definition) is 5. The Morgan fingerprint density at radius 2 is 2.00 bits per heavy atom. The highest BCUT2D eigenvalue weighted by atomic mass is 16.3. The predicted octanol–water partition coefficient (Wildman–Crippen LogP) is 1.94. The number of nitrogens with two attached hydrogens (primary N) is 1. The number of aliphatic hydroxyl groups excluding tert-OH is 1. The molecule has 0 atom stereocenters. The fourth-order valence-corrected chi connectivity index (χ4v) is 1.39. The maximum atomic E-state index is 8.88. The number of anilines is 1. The zero-order valence-corrected chi connectivity index (χ0v) is 9.17. The molecule has 0 fully saturated rings. The van der Waals surface area contributed by atoms with E-state index in [9.17, 15) is 0 Å². The lowest BCUT2D eigenvalue weighted by Gasteiger charge is -1.95. The molecule has 0 bridgehead atoms. The van der Waals surface area contributed by atoms with Gasteiger partial charge in [-0.25, -0.2) is 0 Å². The van der Waals surface area contributed by atoms with Crippen molar-refractivity contribution in [2.75, 3.05) is 12.3 Å². The monoisotopic (exact) mass is 231 g/mol. The van der Waals surface area contributed by atoms with Gasteiger partial charge in [0.2, 0.25) is 0 Å². The van der Waals surface area contributed by atoms with Crippen molar-refractivity contribution < 1.29 is 5.11 Å². The summed E-state index contributed by atoms with van der Waals surface area (Å²) < 4.78 is 0. The third-order valence-corrected chi connectivity index (χ3v) is 2.22. The van der Waals surface area contributed by atoms with E-state index in [2.05, 4.69) is 20.4 Å². The number of H-pyrrole nitrogens is 1. The molecule has 1 aromatic heterocycles. The van der Waals surface area contributed by atoms with Crippen molar-refractivity contribution in [1.29, 1.82) is 0 Å². The van der Waals surface area contributed by atoms with Crippen LogP contribution in [0, 0.1) is 0 Å². The summed E-state index contributed by atoms with van der Waals surface area (Å²) >= 11 is 0. The highest BCUT2D eigenvalue weighted by Gasteiger charge is 2.09. The first-order valence-electron chi connectivity index (χ1n) is 5.21. The first-order chi connectivity index (χ1) is 8.31. The molecular formula is C11H13N5O. The van der Waals surface area contributed by atoms with Crippen molar-refractivity contribution in [3.63, 3.8) is 0 Å². The van der Waals surface area contributed by atoms with Crippen LogP contribution in [-0.2, 0) is 6.42 Å². The number of hydrogen-bond donors (Lipinski definition) is 3. The smallest absolute Gasteiger partial charge is 0.173 e. The number of aromatic nitrogens is 2. The van der Waals surface area contributed by atoms with E-state index >= 15 is 0 Å². The Bertz CT molecular complexity index is 506. The Kier molecular flexibility index (Phi) is 3.46. The van der Waals surface area contributed by atoms with E-state index in [1.165, 1.54) is 0 Å². The minimum Gasteiger partial charge on any atom is -0.396 e. The van der Waals surface area contributed by atoms with Crippen molar-refractivity contribution in [3.05, 3.63) is 36.0 Å². The summed E-state index contributed by atoms with van der Waals surface area (Å²) in [7, 11) is 0. The Hall–Kier alpha value is -2.21. The lowest BCUT2D eigenvalue weighted by atomic mass is 10.3. The van der Waals surface area contributed by atoms with Gasteiger partial charge in [0.25, 0.3) is 0 Å². The van der Waals surface area contributed by atoms with Gasteiger partial charge in [0.05, 0.1) is 11.4 Å². The molecule has 0 amide bonds. The van der Waals surface area contributed by atoms with E-state index in [1.54, 1.807) is 0 Å². The van der Waals surface area contributed by atoms with Gasteiger partial charge in [-0.05, 0) is 12.1 Å². The van der Waals surface area contributed by atoms with Gasteiger partial charge in [-0.3, -0.25) is 5.10 Å². The quantitative estimate of drug-likeness (QED) is 0.701. The summed E-state index contributed by atoms with van der Waals surface area (Å²) in [6, 6.07) is 9.34. The lowest BCUT2D eigenvalue weighted by molar-refractivity contribution is 0.298. The highest BCUT2D eigenvalue weighted by molar-refractivity contribution is 5.60. The van der Waals surface area contributed by atoms with E-state index in [0.717, 1.165) is 5.69 Å². The van der Waals surface area contributed by atoms with Crippen LogP contribution in [0.5, 0.6) is 0 Å². The second-order valence-corrected chi connectivity index (χ2v) is 3.45. The van der Waals surface area contributed by atoms with Crippen LogP contribution in [0.3, 0.4) is 0 Å². The molecule has 0 unspecified atom stereocenters. The van der Waals surface area contributed by atoms with Crippen LogP contribution < -0.4 is 5.73 Å². The molecule has 17 heavy (non-hydrogen) atoms. The van der Waals surface area contributed by atoms with Crippen LogP contribution in [0.1, 0.15) is 5.69 Å². The van der Waals surface area contributed by atoms with Crippen molar-refractivity contribution in [2.24, 2.45) is 10.2 Å². The predicted molar refractivity (Wildman–Crippen MR) is 64.4 cm³/mol. The molecule has 0 aliphatic heterocycles. The molecule has 0 aliphatic carbocycles. The highest BCUT2D eigenvalue weighted by Crippen LogP contribution is 2.26. The second-order valence-electron chi connectivity index (χ2n) is 3.45. The number of nitrogens with zero attached hydrogens (tertiary/aromatic N) is 3. The summed E-state index contributed by atoms with van der Waals surface area (Å²) in [4.78, 5) is 0. The van der Waals surface area contributed by atoms with Gasteiger partial charge >= 0.3 is 0 Å². The van der Waals surface area contributed by atoms with Gasteiger partial charge in [0.15, 0.2) is 11.5 Å². The average molecular weight is 231 g/mol. The van der Waals surface area contributed by atoms with Crippen LogP contribution in [0.15, 0.2) is 40.6 Å². The second kappa shape index (κ2) is 5.22. The number of benzene rings is 1. The molecular weight excluding hydrogens is 218 g/mol. The van der Waals surface area contributed by atoms with E-state index in [1.807, 2.05) is 30.3 Å².